The molecular formula is C20H17ClFN2O6P. The van der Waals surface area contributed by atoms with Gasteiger partial charge in [0.1, 0.15) is 24.0 Å². The quantitative estimate of drug-likeness (QED) is 0.451. The van der Waals surface area contributed by atoms with Crippen LogP contribution in [0.1, 0.15) is 15.9 Å². The smallest absolute Gasteiger partial charge is 0.328 e. The number of carbonyl (C=O) groups is 1. The average molecular weight is 467 g/mol. The Balaban J connectivity index is 1.84. The number of pyridine rings is 1. The maximum atomic E-state index is 13.1. The number of anilines is 1. The maximum Gasteiger partial charge on any atom is 0.328 e. The van der Waals surface area contributed by atoms with Crippen molar-refractivity contribution in [2.24, 2.45) is 0 Å². The first-order valence-corrected chi connectivity index (χ1v) is 10.3. The summed E-state index contributed by atoms with van der Waals surface area (Å²) in [5, 5.41) is 2.98. The van der Waals surface area contributed by atoms with Crippen LogP contribution in [0.2, 0.25) is 5.02 Å². The molecule has 162 valence electrons. The molecule has 1 aromatic heterocycles. The molecular weight excluding hydrogens is 450 g/mol. The molecule has 8 nitrogen and oxygen atoms in total. The van der Waals surface area contributed by atoms with Crippen LogP contribution in [-0.4, -0.2) is 20.3 Å². The maximum absolute atomic E-state index is 13.1. The van der Waals surface area contributed by atoms with Crippen molar-refractivity contribution in [1.29, 1.82) is 0 Å². The van der Waals surface area contributed by atoms with Crippen LogP contribution in [0.3, 0.4) is 0 Å². The third kappa shape index (κ3) is 6.10. The van der Waals surface area contributed by atoms with Crippen molar-refractivity contribution in [2.75, 3.05) is 5.32 Å². The number of hydrogen-bond acceptors (Lipinski definition) is 6. The van der Waals surface area contributed by atoms with E-state index in [-0.39, 0.29) is 23.7 Å². The summed E-state index contributed by atoms with van der Waals surface area (Å²) >= 11 is 6.17. The molecule has 0 fully saturated rings. The Morgan fingerprint density at radius 2 is 1.90 bits per heavy atom. The number of halogens is 2. The SMILES string of the molecule is Cc1cc(C(=O)Nc2ccn(COP(O)O)c(=O)c2)c(Oc2ccc(F)cc2)cc1Cl. The molecule has 0 atom stereocenters. The summed E-state index contributed by atoms with van der Waals surface area (Å²) in [4.78, 5) is 42.5. The van der Waals surface area contributed by atoms with Crippen LogP contribution >= 0.6 is 20.2 Å². The Kier molecular flexibility index (Phi) is 7.37. The number of hydrogen-bond donors (Lipinski definition) is 3. The van der Waals surface area contributed by atoms with Gasteiger partial charge in [0.05, 0.1) is 5.56 Å². The third-order valence-electron chi connectivity index (χ3n) is 4.11. The Morgan fingerprint density at radius 1 is 1.19 bits per heavy atom. The highest BCUT2D eigenvalue weighted by atomic mass is 35.5. The van der Waals surface area contributed by atoms with E-state index in [0.29, 0.717) is 16.3 Å². The molecule has 3 rings (SSSR count). The molecule has 0 radical (unpaired) electrons. The summed E-state index contributed by atoms with van der Waals surface area (Å²) in [6.07, 6.45) is 1.33. The van der Waals surface area contributed by atoms with Gasteiger partial charge in [-0.1, -0.05) is 11.6 Å². The zero-order valence-corrected chi connectivity index (χ0v) is 17.7. The van der Waals surface area contributed by atoms with Crippen molar-refractivity contribution < 1.29 is 28.2 Å². The number of rotatable bonds is 7. The van der Waals surface area contributed by atoms with Crippen LogP contribution in [0.25, 0.3) is 0 Å². The Hall–Kier alpha value is -2.81. The van der Waals surface area contributed by atoms with E-state index in [2.05, 4.69) is 9.84 Å². The van der Waals surface area contributed by atoms with Gasteiger partial charge < -0.3 is 19.8 Å². The summed E-state index contributed by atoms with van der Waals surface area (Å²) in [6.45, 7) is 1.37. The van der Waals surface area contributed by atoms with Gasteiger partial charge in [0.25, 0.3) is 11.5 Å². The van der Waals surface area contributed by atoms with Crippen LogP contribution in [-0.2, 0) is 11.3 Å². The molecule has 0 aliphatic rings. The van der Waals surface area contributed by atoms with Crippen molar-refractivity contribution in [3.05, 3.63) is 87.0 Å². The van der Waals surface area contributed by atoms with E-state index in [0.717, 1.165) is 10.6 Å². The molecule has 0 saturated heterocycles. The Bertz CT molecular complexity index is 1150. The molecule has 2 aromatic carbocycles. The lowest BCUT2D eigenvalue weighted by atomic mass is 10.1. The fourth-order valence-corrected chi connectivity index (χ4v) is 2.94. The second-order valence-electron chi connectivity index (χ2n) is 6.34. The predicted molar refractivity (Wildman–Crippen MR) is 114 cm³/mol. The number of nitrogens with zero attached hydrogens (tertiary/aromatic N) is 1. The van der Waals surface area contributed by atoms with Gasteiger partial charge in [-0.25, -0.2) is 4.39 Å². The highest BCUT2D eigenvalue weighted by Crippen LogP contribution is 2.31. The molecule has 11 heteroatoms. The van der Waals surface area contributed by atoms with E-state index in [4.69, 9.17) is 26.1 Å². The normalized spacial score (nSPS) is 10.9. The summed E-state index contributed by atoms with van der Waals surface area (Å²) in [7, 11) is -2.60. The minimum atomic E-state index is -2.60. The number of amides is 1. The van der Waals surface area contributed by atoms with E-state index < -0.39 is 25.9 Å². The fourth-order valence-electron chi connectivity index (χ4n) is 2.56. The minimum Gasteiger partial charge on any atom is -0.456 e. The van der Waals surface area contributed by atoms with Gasteiger partial charge in [-0.2, -0.15) is 0 Å². The van der Waals surface area contributed by atoms with Crippen LogP contribution in [0, 0.1) is 12.7 Å². The van der Waals surface area contributed by atoms with Crippen molar-refractivity contribution >= 4 is 31.8 Å². The first kappa shape index (κ1) is 22.9. The number of carbonyl (C=O) groups excluding carboxylic acids is 1. The third-order valence-corrected chi connectivity index (χ3v) is 4.87. The summed E-state index contributed by atoms with van der Waals surface area (Å²) in [6, 6.07) is 10.9. The minimum absolute atomic E-state index is 0.153. The van der Waals surface area contributed by atoms with Crippen LogP contribution in [0.5, 0.6) is 11.5 Å². The standard InChI is InChI=1S/C20H17ClFN2O6P/c1-12-8-16(18(10-17(12)21)30-15-4-2-13(22)3-5-15)20(26)23-14-6-7-24(19(25)9-14)11-29-31(27)28/h2-10,27-28H,11H2,1H3,(H,23,26). The first-order valence-electron chi connectivity index (χ1n) is 8.79. The second-order valence-corrected chi connectivity index (χ2v) is 7.51. The predicted octanol–water partition coefficient (Wildman–Crippen LogP) is 4.18. The molecule has 3 aromatic rings. The summed E-state index contributed by atoms with van der Waals surface area (Å²) < 4.78 is 24.6. The van der Waals surface area contributed by atoms with Gasteiger partial charge in [-0.05, 0) is 48.9 Å². The number of aryl methyl sites for hydroxylation is 1. The topological polar surface area (TPSA) is 110 Å². The van der Waals surface area contributed by atoms with E-state index in [1.54, 1.807) is 6.92 Å². The lowest BCUT2D eigenvalue weighted by molar-refractivity contribution is 0.102. The lowest BCUT2D eigenvalue weighted by Crippen LogP contribution is -2.21. The molecule has 0 bridgehead atoms. The molecule has 1 heterocycles. The molecule has 1 amide bonds. The molecule has 0 unspecified atom stereocenters. The first-order chi connectivity index (χ1) is 14.7. The monoisotopic (exact) mass is 466 g/mol. The van der Waals surface area contributed by atoms with E-state index >= 15 is 0 Å². The molecule has 0 aliphatic heterocycles. The van der Waals surface area contributed by atoms with Crippen LogP contribution < -0.4 is 15.6 Å². The number of nitrogens with one attached hydrogen (secondary N) is 1. The highest BCUT2D eigenvalue weighted by Gasteiger charge is 2.17. The molecule has 0 saturated carbocycles. The van der Waals surface area contributed by atoms with Crippen molar-refractivity contribution in [3.8, 4) is 11.5 Å². The van der Waals surface area contributed by atoms with Crippen molar-refractivity contribution in [3.63, 3.8) is 0 Å². The summed E-state index contributed by atoms with van der Waals surface area (Å²) in [5.41, 5.74) is 0.479. The van der Waals surface area contributed by atoms with Gasteiger partial charge in [0, 0.05) is 29.0 Å². The van der Waals surface area contributed by atoms with E-state index in [1.807, 2.05) is 0 Å². The Morgan fingerprint density at radius 3 is 2.55 bits per heavy atom. The molecule has 0 spiro atoms. The Labute approximate surface area is 182 Å². The van der Waals surface area contributed by atoms with Gasteiger partial charge in [-0.3, -0.25) is 18.7 Å². The van der Waals surface area contributed by atoms with Crippen LogP contribution in [0.4, 0.5) is 10.1 Å². The average Bonchev–Trinajstić information content (AvgIpc) is 2.71. The van der Waals surface area contributed by atoms with Gasteiger partial charge in [-0.15, -0.1) is 0 Å². The fraction of sp³-hybridized carbons (Fsp3) is 0.100. The number of aromatic nitrogens is 1. The van der Waals surface area contributed by atoms with Gasteiger partial charge in [0.2, 0.25) is 0 Å². The number of benzene rings is 2. The van der Waals surface area contributed by atoms with E-state index in [1.165, 1.54) is 48.7 Å². The zero-order valence-electron chi connectivity index (χ0n) is 16.1. The molecule has 31 heavy (non-hydrogen) atoms. The molecule has 0 aliphatic carbocycles. The largest absolute Gasteiger partial charge is 0.456 e. The highest BCUT2D eigenvalue weighted by molar-refractivity contribution is 7.39. The van der Waals surface area contributed by atoms with Crippen molar-refractivity contribution in [2.45, 2.75) is 13.7 Å². The van der Waals surface area contributed by atoms with Gasteiger partial charge >= 0.3 is 8.60 Å². The zero-order chi connectivity index (χ0) is 22.5. The summed E-state index contributed by atoms with van der Waals surface area (Å²) in [5.74, 6) is -0.520. The van der Waals surface area contributed by atoms with E-state index in [9.17, 15) is 14.0 Å². The number of ether oxygens (including phenoxy) is 1. The van der Waals surface area contributed by atoms with Gasteiger partial charge in [0.15, 0.2) is 0 Å². The lowest BCUT2D eigenvalue weighted by Gasteiger charge is -2.14. The second kappa shape index (κ2) is 10.00. The van der Waals surface area contributed by atoms with Crippen LogP contribution in [0.15, 0.2) is 59.5 Å². The molecule has 3 N–H and O–H groups in total. The van der Waals surface area contributed by atoms with Crippen molar-refractivity contribution in [1.82, 2.24) is 4.57 Å².